The first kappa shape index (κ1) is 27.2. The topological polar surface area (TPSA) is 107 Å². The Morgan fingerprint density at radius 3 is 2.84 bits per heavy atom. The van der Waals surface area contributed by atoms with E-state index in [1.165, 1.54) is 13.0 Å². The lowest BCUT2D eigenvalue weighted by atomic mass is 10.1. The molecule has 2 aromatic rings. The summed E-state index contributed by atoms with van der Waals surface area (Å²) < 4.78 is 45.4. The highest BCUT2D eigenvalue weighted by Gasteiger charge is 2.44. The molecule has 2 fully saturated rings. The molecule has 1 amide bonds. The summed E-state index contributed by atoms with van der Waals surface area (Å²) in [6.07, 6.45) is 5.36. The van der Waals surface area contributed by atoms with Gasteiger partial charge in [0.2, 0.25) is 0 Å². The first-order valence-electron chi connectivity index (χ1n) is 12.3. The molecule has 1 aromatic heterocycles. The third-order valence-corrected chi connectivity index (χ3v) is 9.11. The van der Waals surface area contributed by atoms with Crippen LogP contribution in [0.1, 0.15) is 44.6 Å². The fraction of sp³-hybridized carbons (Fsp3) is 0.519. The maximum Gasteiger partial charge on any atom is 0.264 e. The molecular formula is C27H31FN2O6S. The number of nitrogens with one attached hydrogen (secondary N) is 1. The van der Waals surface area contributed by atoms with E-state index in [0.717, 1.165) is 30.9 Å². The van der Waals surface area contributed by atoms with Gasteiger partial charge in [-0.15, -0.1) is 0 Å². The first-order valence-corrected chi connectivity index (χ1v) is 14.2. The molecule has 2 N–H and O–H groups in total. The molecule has 0 radical (unpaired) electrons. The van der Waals surface area contributed by atoms with E-state index in [9.17, 15) is 17.6 Å². The number of fused-ring (bicyclic) bond motifs is 1. The van der Waals surface area contributed by atoms with Gasteiger partial charge in [0.25, 0.3) is 5.91 Å². The number of carbonyl (C=O) groups excluding carboxylic acids is 1. The molecule has 1 aliphatic heterocycles. The lowest BCUT2D eigenvalue weighted by Gasteiger charge is -2.28. The van der Waals surface area contributed by atoms with Crippen molar-refractivity contribution in [2.75, 3.05) is 19.5 Å². The van der Waals surface area contributed by atoms with Crippen LogP contribution < -0.4 is 5.48 Å². The molecule has 198 valence electrons. The molecule has 4 rings (SSSR count). The average Bonchev–Trinajstić information content (AvgIpc) is 3.54. The Morgan fingerprint density at radius 2 is 2.16 bits per heavy atom. The highest BCUT2D eigenvalue weighted by molar-refractivity contribution is 7.92. The Kier molecular flexibility index (Phi) is 8.25. The minimum absolute atomic E-state index is 0.0505. The van der Waals surface area contributed by atoms with E-state index in [-0.39, 0.29) is 37.0 Å². The van der Waals surface area contributed by atoms with Gasteiger partial charge in [-0.2, -0.15) is 0 Å². The molecule has 1 unspecified atom stereocenters. The number of aryl methyl sites for hydroxylation is 1. The molecule has 2 heterocycles. The van der Waals surface area contributed by atoms with Gasteiger partial charge < -0.3 is 14.4 Å². The number of benzene rings is 1. The van der Waals surface area contributed by atoms with E-state index < -0.39 is 32.6 Å². The van der Waals surface area contributed by atoms with Crippen molar-refractivity contribution in [1.29, 1.82) is 0 Å². The smallest absolute Gasteiger partial charge is 0.264 e. The monoisotopic (exact) mass is 530 g/mol. The second-order valence-electron chi connectivity index (χ2n) is 9.80. The Morgan fingerprint density at radius 1 is 1.35 bits per heavy atom. The highest BCUT2D eigenvalue weighted by atomic mass is 32.2. The fourth-order valence-corrected chi connectivity index (χ4v) is 5.03. The summed E-state index contributed by atoms with van der Waals surface area (Å²) in [5, 5.41) is 9.78. The number of amides is 1. The molecule has 4 atom stereocenters. The van der Waals surface area contributed by atoms with Crippen LogP contribution in [0.25, 0.3) is 10.9 Å². The number of hydrogen-bond acceptors (Lipinski definition) is 6. The summed E-state index contributed by atoms with van der Waals surface area (Å²) >= 11 is 0. The lowest BCUT2D eigenvalue weighted by molar-refractivity contribution is -0.201. The van der Waals surface area contributed by atoms with Crippen LogP contribution in [-0.4, -0.2) is 54.5 Å². The minimum atomic E-state index is -3.82. The fourth-order valence-electron chi connectivity index (χ4n) is 4.19. The van der Waals surface area contributed by atoms with Gasteiger partial charge in [0.15, 0.2) is 20.9 Å². The van der Waals surface area contributed by atoms with Crippen molar-refractivity contribution >= 4 is 26.6 Å². The summed E-state index contributed by atoms with van der Waals surface area (Å²) in [5.41, 5.74) is 3.03. The number of nitrogens with zero attached hydrogens (tertiary/aromatic N) is 1. The maximum atomic E-state index is 14.8. The molecule has 37 heavy (non-hydrogen) atoms. The predicted molar refractivity (Wildman–Crippen MR) is 136 cm³/mol. The first-order chi connectivity index (χ1) is 17.6. The molecule has 1 aromatic carbocycles. The van der Waals surface area contributed by atoms with Crippen LogP contribution in [0.3, 0.4) is 0 Å². The van der Waals surface area contributed by atoms with Crippen LogP contribution in [0.2, 0.25) is 0 Å². The van der Waals surface area contributed by atoms with Crippen molar-refractivity contribution in [3.63, 3.8) is 0 Å². The van der Waals surface area contributed by atoms with Crippen LogP contribution in [0.5, 0.6) is 0 Å². The third kappa shape index (κ3) is 6.34. The quantitative estimate of drug-likeness (QED) is 0.401. The van der Waals surface area contributed by atoms with E-state index >= 15 is 0 Å². The molecular weight excluding hydrogens is 499 g/mol. The van der Waals surface area contributed by atoms with E-state index in [2.05, 4.69) is 29.2 Å². The van der Waals surface area contributed by atoms with Crippen molar-refractivity contribution in [3.05, 3.63) is 35.8 Å². The number of sulfone groups is 1. The van der Waals surface area contributed by atoms with Crippen LogP contribution in [0.15, 0.2) is 24.4 Å². The van der Waals surface area contributed by atoms with Gasteiger partial charge in [-0.1, -0.05) is 5.92 Å². The lowest BCUT2D eigenvalue weighted by Crippen LogP contribution is -2.51. The molecule has 0 spiro atoms. The molecule has 10 heteroatoms. The third-order valence-electron chi connectivity index (χ3n) is 7.08. The van der Waals surface area contributed by atoms with Crippen molar-refractivity contribution in [2.45, 2.75) is 56.6 Å². The van der Waals surface area contributed by atoms with E-state index in [0.29, 0.717) is 18.5 Å². The zero-order valence-electron chi connectivity index (χ0n) is 20.9. The maximum absolute atomic E-state index is 14.8. The van der Waals surface area contributed by atoms with Crippen LogP contribution in [-0.2, 0) is 30.8 Å². The van der Waals surface area contributed by atoms with Crippen molar-refractivity contribution < 1.29 is 32.3 Å². The largest absolute Gasteiger partial charge is 0.396 e. The second-order valence-corrected chi connectivity index (χ2v) is 12.2. The van der Waals surface area contributed by atoms with Crippen molar-refractivity contribution in [3.8, 4) is 23.7 Å². The van der Waals surface area contributed by atoms with Crippen LogP contribution in [0, 0.1) is 41.3 Å². The second kappa shape index (κ2) is 11.2. The van der Waals surface area contributed by atoms with Gasteiger partial charge in [0.05, 0.1) is 11.1 Å². The number of rotatable bonds is 8. The van der Waals surface area contributed by atoms with Gasteiger partial charge in [-0.25, -0.2) is 23.1 Å². The van der Waals surface area contributed by atoms with Crippen molar-refractivity contribution in [1.82, 2.24) is 10.0 Å². The predicted octanol–water partition coefficient (Wildman–Crippen LogP) is 2.53. The van der Waals surface area contributed by atoms with E-state index in [1.807, 2.05) is 0 Å². The zero-order valence-corrected chi connectivity index (χ0v) is 21.7. The van der Waals surface area contributed by atoms with Gasteiger partial charge in [0.1, 0.15) is 5.82 Å². The number of aromatic nitrogens is 1. The van der Waals surface area contributed by atoms with Gasteiger partial charge >= 0.3 is 0 Å². The summed E-state index contributed by atoms with van der Waals surface area (Å²) in [4.78, 5) is 18.2. The Balaban J connectivity index is 1.45. The molecule has 1 saturated heterocycles. The molecule has 2 aliphatic rings. The molecule has 0 bridgehead atoms. The van der Waals surface area contributed by atoms with Crippen molar-refractivity contribution in [2.24, 2.45) is 11.8 Å². The number of aliphatic hydroxyl groups is 1. The molecule has 1 aliphatic carbocycles. The van der Waals surface area contributed by atoms with Crippen LogP contribution >= 0.6 is 0 Å². The van der Waals surface area contributed by atoms with Crippen LogP contribution in [0.4, 0.5) is 4.39 Å². The number of hydrogen-bond donors (Lipinski definition) is 2. The summed E-state index contributed by atoms with van der Waals surface area (Å²) in [7, 11) is -3.82. The summed E-state index contributed by atoms with van der Waals surface area (Å²) in [6, 6.07) is 4.74. The normalized spacial score (nSPS) is 22.8. The Bertz CT molecular complexity index is 1390. The Labute approximate surface area is 216 Å². The van der Waals surface area contributed by atoms with Gasteiger partial charge in [0, 0.05) is 49.9 Å². The summed E-state index contributed by atoms with van der Waals surface area (Å²) in [5.74, 6) is 10.2. The average molecular weight is 531 g/mol. The van der Waals surface area contributed by atoms with Gasteiger partial charge in [-0.05, 0) is 74.5 Å². The van der Waals surface area contributed by atoms with E-state index in [1.54, 1.807) is 22.9 Å². The molecule has 1 saturated carbocycles. The standard InChI is InChI=1S/C27H31FN2O6S/c1-27(37(2,33)34,26(32)29-36-25-9-5-6-14-35-25)11-13-30-12-10-21-16-20(23(28)17-24(21)30)8-4-3-7-19-15-22(19)18-31/h10,12,16-17,19,22,25,31H,5-6,9,11,13-15,18H2,1-2H3,(H,29,32)/t19-,22+,25?,27-/m1/s1. The number of halogens is 1. The number of ether oxygens (including phenoxy) is 1. The zero-order chi connectivity index (χ0) is 26.6. The number of hydroxylamine groups is 1. The Hall–Kier alpha value is -2.89. The minimum Gasteiger partial charge on any atom is -0.396 e. The van der Waals surface area contributed by atoms with E-state index in [4.69, 9.17) is 14.7 Å². The number of carbonyl (C=O) groups is 1. The SMILES string of the molecule is C[C@@](CCn1ccc2cc(C#CC#C[C@@H]3C[C@H]3CO)c(F)cc21)(C(=O)NOC1CCCCO1)S(C)(=O)=O. The number of aliphatic hydroxyl groups excluding tert-OH is 1. The molecule has 8 nitrogen and oxygen atoms in total. The summed E-state index contributed by atoms with van der Waals surface area (Å²) in [6.45, 7) is 2.15. The highest BCUT2D eigenvalue weighted by Crippen LogP contribution is 2.36. The van der Waals surface area contributed by atoms with Gasteiger partial charge in [-0.3, -0.25) is 4.79 Å².